The molecule has 1 aromatic carbocycles. The van der Waals surface area contributed by atoms with Crippen molar-refractivity contribution in [1.82, 2.24) is 0 Å². The van der Waals surface area contributed by atoms with Gasteiger partial charge in [0.1, 0.15) is 11.6 Å². The van der Waals surface area contributed by atoms with Crippen molar-refractivity contribution in [3.63, 3.8) is 0 Å². The summed E-state index contributed by atoms with van der Waals surface area (Å²) in [4.78, 5) is 0. The molecule has 18 heavy (non-hydrogen) atoms. The Morgan fingerprint density at radius 1 is 1.44 bits per heavy atom. The van der Waals surface area contributed by atoms with E-state index in [-0.39, 0.29) is 5.84 Å². The maximum absolute atomic E-state index is 7.43. The zero-order valence-electron chi connectivity index (χ0n) is 10.7. The molecule has 1 aromatic rings. The van der Waals surface area contributed by atoms with Gasteiger partial charge in [0.05, 0.1) is 6.61 Å². The Balaban J connectivity index is 1.93. The van der Waals surface area contributed by atoms with Crippen LogP contribution in [0.5, 0.6) is 5.75 Å². The van der Waals surface area contributed by atoms with Gasteiger partial charge in [0.25, 0.3) is 0 Å². The number of ether oxygens (including phenoxy) is 2. The summed E-state index contributed by atoms with van der Waals surface area (Å²) in [5.41, 5.74) is 7.23. The Bertz CT molecular complexity index is 426. The van der Waals surface area contributed by atoms with Crippen molar-refractivity contribution in [3.8, 4) is 5.75 Å². The lowest BCUT2D eigenvalue weighted by molar-refractivity contribution is 0.0497. The summed E-state index contributed by atoms with van der Waals surface area (Å²) in [6.45, 7) is 4.37. The first-order valence-electron chi connectivity index (χ1n) is 6.32. The monoisotopic (exact) mass is 248 g/mol. The van der Waals surface area contributed by atoms with Crippen LogP contribution in [0.3, 0.4) is 0 Å². The molecule has 1 heterocycles. The summed E-state index contributed by atoms with van der Waals surface area (Å²) in [6.07, 6.45) is 2.15. The van der Waals surface area contributed by atoms with E-state index in [9.17, 15) is 0 Å². The lowest BCUT2D eigenvalue weighted by Crippen LogP contribution is -2.21. The summed E-state index contributed by atoms with van der Waals surface area (Å²) < 4.78 is 11.1. The third-order valence-electron chi connectivity index (χ3n) is 3.31. The SMILES string of the molecule is Cc1cc(OCC2CCOCC2)ccc1C(=N)N. The van der Waals surface area contributed by atoms with Crippen LogP contribution in [0.25, 0.3) is 0 Å². The molecule has 0 unspecified atom stereocenters. The van der Waals surface area contributed by atoms with E-state index in [4.69, 9.17) is 20.6 Å². The first-order chi connectivity index (χ1) is 8.66. The minimum absolute atomic E-state index is 0.100. The smallest absolute Gasteiger partial charge is 0.123 e. The molecule has 0 bridgehead atoms. The number of hydrogen-bond donors (Lipinski definition) is 2. The molecule has 0 aliphatic carbocycles. The zero-order valence-corrected chi connectivity index (χ0v) is 10.7. The first kappa shape index (κ1) is 12.9. The molecular formula is C14H20N2O2. The summed E-state index contributed by atoms with van der Waals surface area (Å²) in [6, 6.07) is 5.66. The molecule has 1 fully saturated rings. The Labute approximate surface area is 108 Å². The predicted octanol–water partition coefficient (Wildman–Crippen LogP) is 2.08. The summed E-state index contributed by atoms with van der Waals surface area (Å²) in [5, 5.41) is 7.43. The van der Waals surface area contributed by atoms with Crippen LogP contribution in [0.1, 0.15) is 24.0 Å². The minimum atomic E-state index is 0.100. The molecule has 2 rings (SSSR count). The number of nitrogens with two attached hydrogens (primary N) is 1. The van der Waals surface area contributed by atoms with E-state index in [1.54, 1.807) is 0 Å². The highest BCUT2D eigenvalue weighted by Gasteiger charge is 2.14. The number of aryl methyl sites for hydroxylation is 1. The van der Waals surface area contributed by atoms with Gasteiger partial charge in [0, 0.05) is 18.8 Å². The summed E-state index contributed by atoms with van der Waals surface area (Å²) in [7, 11) is 0. The van der Waals surface area contributed by atoms with Crippen LogP contribution in [0, 0.1) is 18.3 Å². The average Bonchev–Trinajstić information content (AvgIpc) is 2.37. The van der Waals surface area contributed by atoms with Crippen LogP contribution in [-0.2, 0) is 4.74 Å². The fraction of sp³-hybridized carbons (Fsp3) is 0.500. The van der Waals surface area contributed by atoms with Crippen molar-refractivity contribution in [3.05, 3.63) is 29.3 Å². The molecule has 98 valence electrons. The van der Waals surface area contributed by atoms with E-state index in [1.165, 1.54) is 0 Å². The Hall–Kier alpha value is -1.55. The van der Waals surface area contributed by atoms with Crippen LogP contribution < -0.4 is 10.5 Å². The normalized spacial score (nSPS) is 16.5. The Kier molecular flexibility index (Phi) is 4.20. The minimum Gasteiger partial charge on any atom is -0.493 e. The van der Waals surface area contributed by atoms with Gasteiger partial charge in [-0.2, -0.15) is 0 Å². The van der Waals surface area contributed by atoms with Gasteiger partial charge >= 0.3 is 0 Å². The van der Waals surface area contributed by atoms with Gasteiger partial charge in [-0.1, -0.05) is 0 Å². The number of benzene rings is 1. The number of rotatable bonds is 4. The van der Waals surface area contributed by atoms with Crippen LogP contribution in [-0.4, -0.2) is 25.7 Å². The highest BCUT2D eigenvalue weighted by molar-refractivity contribution is 5.96. The van der Waals surface area contributed by atoms with Crippen molar-refractivity contribution < 1.29 is 9.47 Å². The molecule has 3 N–H and O–H groups in total. The highest BCUT2D eigenvalue weighted by Crippen LogP contribution is 2.20. The Morgan fingerprint density at radius 3 is 2.78 bits per heavy atom. The lowest BCUT2D eigenvalue weighted by Gasteiger charge is -2.22. The van der Waals surface area contributed by atoms with Crippen LogP contribution in [0.4, 0.5) is 0 Å². The molecule has 0 radical (unpaired) electrons. The number of amidine groups is 1. The third kappa shape index (κ3) is 3.23. The van der Waals surface area contributed by atoms with Crippen LogP contribution in [0.2, 0.25) is 0 Å². The van der Waals surface area contributed by atoms with Gasteiger partial charge < -0.3 is 15.2 Å². The molecule has 1 aliphatic heterocycles. The molecule has 0 amide bonds. The van der Waals surface area contributed by atoms with Gasteiger partial charge in [0.15, 0.2) is 0 Å². The lowest BCUT2D eigenvalue weighted by atomic mass is 10.0. The maximum atomic E-state index is 7.43. The number of nitrogen functional groups attached to an aromatic ring is 1. The van der Waals surface area contributed by atoms with Crippen molar-refractivity contribution in [2.75, 3.05) is 19.8 Å². The second-order valence-electron chi connectivity index (χ2n) is 4.76. The molecule has 0 saturated carbocycles. The van der Waals surface area contributed by atoms with Crippen LogP contribution >= 0.6 is 0 Å². The topological polar surface area (TPSA) is 68.3 Å². The molecule has 4 nitrogen and oxygen atoms in total. The van der Waals surface area contributed by atoms with E-state index in [0.29, 0.717) is 5.92 Å². The molecule has 4 heteroatoms. The zero-order chi connectivity index (χ0) is 13.0. The predicted molar refractivity (Wildman–Crippen MR) is 71.2 cm³/mol. The number of hydrogen-bond acceptors (Lipinski definition) is 3. The molecule has 0 spiro atoms. The van der Waals surface area contributed by atoms with Crippen molar-refractivity contribution in [2.45, 2.75) is 19.8 Å². The van der Waals surface area contributed by atoms with E-state index in [0.717, 1.165) is 49.5 Å². The van der Waals surface area contributed by atoms with E-state index >= 15 is 0 Å². The quantitative estimate of drug-likeness (QED) is 0.633. The molecule has 1 aliphatic rings. The third-order valence-corrected chi connectivity index (χ3v) is 3.31. The fourth-order valence-electron chi connectivity index (χ4n) is 2.16. The first-order valence-corrected chi connectivity index (χ1v) is 6.32. The van der Waals surface area contributed by atoms with Crippen molar-refractivity contribution >= 4 is 5.84 Å². The largest absolute Gasteiger partial charge is 0.493 e. The van der Waals surface area contributed by atoms with Crippen LogP contribution in [0.15, 0.2) is 18.2 Å². The summed E-state index contributed by atoms with van der Waals surface area (Å²) >= 11 is 0. The second kappa shape index (κ2) is 5.87. The van der Waals surface area contributed by atoms with E-state index in [2.05, 4.69) is 0 Å². The van der Waals surface area contributed by atoms with E-state index in [1.807, 2.05) is 25.1 Å². The van der Waals surface area contributed by atoms with Crippen molar-refractivity contribution in [2.24, 2.45) is 11.7 Å². The maximum Gasteiger partial charge on any atom is 0.123 e. The fourth-order valence-corrected chi connectivity index (χ4v) is 2.16. The van der Waals surface area contributed by atoms with Gasteiger partial charge in [-0.25, -0.2) is 0 Å². The molecular weight excluding hydrogens is 228 g/mol. The summed E-state index contributed by atoms with van der Waals surface area (Å²) in [5.74, 6) is 1.54. The molecule has 1 saturated heterocycles. The number of nitrogens with one attached hydrogen (secondary N) is 1. The van der Waals surface area contributed by atoms with Gasteiger partial charge in [0.2, 0.25) is 0 Å². The molecule has 0 atom stereocenters. The highest BCUT2D eigenvalue weighted by atomic mass is 16.5. The average molecular weight is 248 g/mol. The second-order valence-corrected chi connectivity index (χ2v) is 4.76. The van der Waals surface area contributed by atoms with E-state index < -0.39 is 0 Å². The van der Waals surface area contributed by atoms with Gasteiger partial charge in [-0.15, -0.1) is 0 Å². The molecule has 0 aromatic heterocycles. The van der Waals surface area contributed by atoms with Gasteiger partial charge in [-0.05, 0) is 49.4 Å². The standard InChI is InChI=1S/C14H20N2O2/c1-10-8-12(2-3-13(10)14(15)16)18-9-11-4-6-17-7-5-11/h2-3,8,11H,4-7,9H2,1H3,(H3,15,16). The Morgan fingerprint density at radius 2 is 2.17 bits per heavy atom. The van der Waals surface area contributed by atoms with Gasteiger partial charge in [-0.3, -0.25) is 5.41 Å². The van der Waals surface area contributed by atoms with Crippen molar-refractivity contribution in [1.29, 1.82) is 5.41 Å².